The highest BCUT2D eigenvalue weighted by Crippen LogP contribution is 2.25. The standard InChI is InChI=1S/C15H16N2O4/c1-9(2)14-16-7-12(13(17-14)15(19)20)21-11-5-3-10(8-18)4-6-11/h3-7,9,18H,8H2,1-2H3,(H,19,20). The van der Waals surface area contributed by atoms with Crippen molar-refractivity contribution in [3.05, 3.63) is 47.5 Å². The Labute approximate surface area is 122 Å². The molecular formula is C15H16N2O4. The molecule has 21 heavy (non-hydrogen) atoms. The van der Waals surface area contributed by atoms with E-state index in [0.29, 0.717) is 11.6 Å². The fourth-order valence-corrected chi connectivity index (χ4v) is 1.68. The average molecular weight is 288 g/mol. The Morgan fingerprint density at radius 1 is 1.29 bits per heavy atom. The predicted octanol–water partition coefficient (Wildman–Crippen LogP) is 2.58. The van der Waals surface area contributed by atoms with E-state index in [0.717, 1.165) is 5.56 Å². The lowest BCUT2D eigenvalue weighted by Crippen LogP contribution is -2.08. The van der Waals surface area contributed by atoms with E-state index >= 15 is 0 Å². The molecule has 0 aliphatic heterocycles. The third-order valence-corrected chi connectivity index (χ3v) is 2.83. The quantitative estimate of drug-likeness (QED) is 0.878. The molecule has 1 aromatic carbocycles. The van der Waals surface area contributed by atoms with Crippen LogP contribution in [0.25, 0.3) is 0 Å². The number of carbonyl (C=O) groups is 1. The number of carboxylic acids is 1. The van der Waals surface area contributed by atoms with Crippen LogP contribution in [0.3, 0.4) is 0 Å². The zero-order valence-corrected chi connectivity index (χ0v) is 11.8. The second-order valence-corrected chi connectivity index (χ2v) is 4.81. The molecule has 2 N–H and O–H groups in total. The molecule has 6 heteroatoms. The molecule has 0 atom stereocenters. The van der Waals surface area contributed by atoms with Gasteiger partial charge >= 0.3 is 5.97 Å². The molecule has 0 aliphatic rings. The van der Waals surface area contributed by atoms with Crippen molar-refractivity contribution >= 4 is 5.97 Å². The summed E-state index contributed by atoms with van der Waals surface area (Å²) in [5, 5.41) is 18.2. The molecule has 0 fully saturated rings. The first kappa shape index (κ1) is 14.9. The Kier molecular flexibility index (Phi) is 4.49. The first-order valence-corrected chi connectivity index (χ1v) is 6.49. The minimum Gasteiger partial charge on any atom is -0.476 e. The van der Waals surface area contributed by atoms with Crippen LogP contribution < -0.4 is 4.74 Å². The molecule has 0 radical (unpaired) electrons. The van der Waals surface area contributed by atoms with Gasteiger partial charge in [0.05, 0.1) is 12.8 Å². The van der Waals surface area contributed by atoms with E-state index in [9.17, 15) is 9.90 Å². The summed E-state index contributed by atoms with van der Waals surface area (Å²) >= 11 is 0. The summed E-state index contributed by atoms with van der Waals surface area (Å²) < 4.78 is 5.52. The number of nitrogens with zero attached hydrogens (tertiary/aromatic N) is 2. The maximum Gasteiger partial charge on any atom is 0.358 e. The first-order chi connectivity index (χ1) is 10.0. The van der Waals surface area contributed by atoms with Gasteiger partial charge in [0.2, 0.25) is 0 Å². The van der Waals surface area contributed by atoms with Crippen molar-refractivity contribution in [2.45, 2.75) is 26.4 Å². The smallest absolute Gasteiger partial charge is 0.358 e. The van der Waals surface area contributed by atoms with Crippen molar-refractivity contribution in [2.75, 3.05) is 0 Å². The SMILES string of the molecule is CC(C)c1ncc(Oc2ccc(CO)cc2)c(C(=O)O)n1. The number of aromatic carboxylic acids is 1. The molecule has 0 spiro atoms. The summed E-state index contributed by atoms with van der Waals surface area (Å²) in [5.41, 5.74) is 0.576. The Balaban J connectivity index is 2.31. The summed E-state index contributed by atoms with van der Waals surface area (Å²) in [6, 6.07) is 6.68. The van der Waals surface area contributed by atoms with E-state index in [1.807, 2.05) is 13.8 Å². The number of rotatable bonds is 5. The molecule has 0 unspecified atom stereocenters. The van der Waals surface area contributed by atoms with Gasteiger partial charge in [-0.05, 0) is 17.7 Å². The van der Waals surface area contributed by atoms with E-state index in [4.69, 9.17) is 9.84 Å². The van der Waals surface area contributed by atoms with Crippen molar-refractivity contribution in [2.24, 2.45) is 0 Å². The normalized spacial score (nSPS) is 10.7. The van der Waals surface area contributed by atoms with Crippen molar-refractivity contribution in [3.63, 3.8) is 0 Å². The third-order valence-electron chi connectivity index (χ3n) is 2.83. The van der Waals surface area contributed by atoms with Gasteiger partial charge in [-0.3, -0.25) is 0 Å². The van der Waals surface area contributed by atoms with Crippen molar-refractivity contribution in [1.82, 2.24) is 9.97 Å². The van der Waals surface area contributed by atoms with Crippen LogP contribution in [-0.4, -0.2) is 26.2 Å². The summed E-state index contributed by atoms with van der Waals surface area (Å²) in [5.74, 6) is -0.142. The van der Waals surface area contributed by atoms with Gasteiger partial charge in [-0.2, -0.15) is 0 Å². The molecule has 0 saturated heterocycles. The van der Waals surface area contributed by atoms with Crippen LogP contribution in [-0.2, 0) is 6.61 Å². The molecular weight excluding hydrogens is 272 g/mol. The van der Waals surface area contributed by atoms with Crippen LogP contribution in [0.4, 0.5) is 0 Å². The first-order valence-electron chi connectivity index (χ1n) is 6.49. The van der Waals surface area contributed by atoms with Crippen molar-refractivity contribution < 1.29 is 19.7 Å². The zero-order valence-electron chi connectivity index (χ0n) is 11.8. The Morgan fingerprint density at radius 3 is 2.48 bits per heavy atom. The molecule has 2 rings (SSSR count). The number of aliphatic hydroxyl groups excluding tert-OH is 1. The van der Waals surface area contributed by atoms with E-state index in [-0.39, 0.29) is 24.0 Å². The van der Waals surface area contributed by atoms with E-state index in [1.165, 1.54) is 6.20 Å². The van der Waals surface area contributed by atoms with Crippen LogP contribution in [0.2, 0.25) is 0 Å². The van der Waals surface area contributed by atoms with Crippen LogP contribution in [0, 0.1) is 0 Å². The van der Waals surface area contributed by atoms with Gasteiger partial charge in [-0.25, -0.2) is 14.8 Å². The number of carboxylic acid groups (broad SMARTS) is 1. The van der Waals surface area contributed by atoms with Crippen LogP contribution >= 0.6 is 0 Å². The largest absolute Gasteiger partial charge is 0.476 e. The van der Waals surface area contributed by atoms with Crippen LogP contribution in [0.15, 0.2) is 30.5 Å². The summed E-state index contributed by atoms with van der Waals surface area (Å²) in [6.07, 6.45) is 1.37. The number of hydrogen-bond donors (Lipinski definition) is 2. The fraction of sp³-hybridized carbons (Fsp3) is 0.267. The number of aromatic nitrogens is 2. The summed E-state index contributed by atoms with van der Waals surface area (Å²) in [4.78, 5) is 19.4. The molecule has 0 aliphatic carbocycles. The zero-order chi connectivity index (χ0) is 15.4. The van der Waals surface area contributed by atoms with Crippen molar-refractivity contribution in [3.8, 4) is 11.5 Å². The van der Waals surface area contributed by atoms with Gasteiger partial charge in [0.25, 0.3) is 0 Å². The molecule has 110 valence electrons. The minimum absolute atomic E-state index is 0.0287. The fourth-order valence-electron chi connectivity index (χ4n) is 1.68. The highest BCUT2D eigenvalue weighted by Gasteiger charge is 2.17. The van der Waals surface area contributed by atoms with Gasteiger partial charge in [0, 0.05) is 5.92 Å². The molecule has 0 amide bonds. The molecule has 0 saturated carbocycles. The number of aliphatic hydroxyl groups is 1. The van der Waals surface area contributed by atoms with Crippen LogP contribution in [0.5, 0.6) is 11.5 Å². The van der Waals surface area contributed by atoms with Crippen LogP contribution in [0.1, 0.15) is 41.6 Å². The highest BCUT2D eigenvalue weighted by atomic mass is 16.5. The number of benzene rings is 1. The minimum atomic E-state index is -1.17. The van der Waals surface area contributed by atoms with Crippen molar-refractivity contribution in [1.29, 1.82) is 0 Å². The van der Waals surface area contributed by atoms with Gasteiger partial charge in [-0.15, -0.1) is 0 Å². The van der Waals surface area contributed by atoms with Gasteiger partial charge < -0.3 is 14.9 Å². The molecule has 1 aromatic heterocycles. The second-order valence-electron chi connectivity index (χ2n) is 4.81. The predicted molar refractivity (Wildman–Crippen MR) is 75.5 cm³/mol. The average Bonchev–Trinajstić information content (AvgIpc) is 2.48. The maximum atomic E-state index is 11.3. The molecule has 6 nitrogen and oxygen atoms in total. The van der Waals surface area contributed by atoms with Gasteiger partial charge in [0.15, 0.2) is 11.4 Å². The summed E-state index contributed by atoms with van der Waals surface area (Å²) in [6.45, 7) is 3.71. The van der Waals surface area contributed by atoms with E-state index < -0.39 is 5.97 Å². The molecule has 1 heterocycles. The Hall–Kier alpha value is -2.47. The third kappa shape index (κ3) is 3.55. The van der Waals surface area contributed by atoms with Gasteiger partial charge in [0.1, 0.15) is 11.6 Å². The van der Waals surface area contributed by atoms with E-state index in [2.05, 4.69) is 9.97 Å². The monoisotopic (exact) mass is 288 g/mol. The van der Waals surface area contributed by atoms with E-state index in [1.54, 1.807) is 24.3 Å². The number of hydrogen-bond acceptors (Lipinski definition) is 5. The van der Waals surface area contributed by atoms with Gasteiger partial charge in [-0.1, -0.05) is 26.0 Å². The Bertz CT molecular complexity index is 639. The lowest BCUT2D eigenvalue weighted by atomic mass is 10.2. The maximum absolute atomic E-state index is 11.3. The lowest BCUT2D eigenvalue weighted by Gasteiger charge is -2.10. The number of ether oxygens (including phenoxy) is 1. The molecule has 0 bridgehead atoms. The Morgan fingerprint density at radius 2 is 1.95 bits per heavy atom. The topological polar surface area (TPSA) is 92.5 Å². The summed E-state index contributed by atoms with van der Waals surface area (Å²) in [7, 11) is 0. The lowest BCUT2D eigenvalue weighted by molar-refractivity contribution is 0.0686. The second kappa shape index (κ2) is 6.32. The molecule has 2 aromatic rings. The highest BCUT2D eigenvalue weighted by molar-refractivity contribution is 5.88.